The van der Waals surface area contributed by atoms with E-state index in [2.05, 4.69) is 60.8 Å². The average Bonchev–Trinajstić information content (AvgIpc) is 2.75. The molecular weight excluding hydrogens is 346 g/mol. The van der Waals surface area contributed by atoms with Gasteiger partial charge in [0, 0.05) is 15.5 Å². The molecule has 0 atom stereocenters. The zero-order chi connectivity index (χ0) is 12.3. The SMILES string of the molecule is CCCCCCN1NNc2c(Br)ccc(Br)c21. The van der Waals surface area contributed by atoms with Crippen molar-refractivity contribution >= 4 is 43.2 Å². The minimum Gasteiger partial charge on any atom is -0.301 e. The second kappa shape index (κ2) is 6.07. The number of nitrogens with one attached hydrogen (secondary N) is 2. The minimum absolute atomic E-state index is 1.02. The molecule has 0 aromatic heterocycles. The summed E-state index contributed by atoms with van der Waals surface area (Å²) >= 11 is 7.15. The van der Waals surface area contributed by atoms with Crippen LogP contribution in [0.5, 0.6) is 0 Å². The fourth-order valence-corrected chi connectivity index (χ4v) is 2.93. The summed E-state index contributed by atoms with van der Waals surface area (Å²) in [5, 5.41) is 2.17. The van der Waals surface area contributed by atoms with Crippen LogP contribution in [0.15, 0.2) is 21.1 Å². The van der Waals surface area contributed by atoms with Crippen LogP contribution in [-0.2, 0) is 0 Å². The molecule has 0 unspecified atom stereocenters. The molecule has 94 valence electrons. The number of anilines is 2. The average molecular weight is 363 g/mol. The molecule has 1 aromatic carbocycles. The molecule has 1 aliphatic heterocycles. The van der Waals surface area contributed by atoms with E-state index < -0.39 is 0 Å². The zero-order valence-electron chi connectivity index (χ0n) is 9.89. The van der Waals surface area contributed by atoms with Crippen LogP contribution < -0.4 is 16.0 Å². The molecule has 5 heteroatoms. The minimum atomic E-state index is 1.02. The summed E-state index contributed by atoms with van der Waals surface area (Å²) in [4.78, 5) is 0. The normalized spacial score (nSPS) is 13.7. The molecule has 17 heavy (non-hydrogen) atoms. The van der Waals surface area contributed by atoms with Crippen molar-refractivity contribution in [2.45, 2.75) is 32.6 Å². The van der Waals surface area contributed by atoms with Crippen molar-refractivity contribution in [1.29, 1.82) is 0 Å². The Hall–Kier alpha value is -0.260. The lowest BCUT2D eigenvalue weighted by molar-refractivity contribution is 0.621. The highest BCUT2D eigenvalue weighted by atomic mass is 79.9. The first-order valence-corrected chi connectivity index (χ1v) is 7.60. The number of unbranched alkanes of at least 4 members (excludes halogenated alkanes) is 3. The first-order valence-electron chi connectivity index (χ1n) is 6.01. The molecule has 1 aromatic rings. The van der Waals surface area contributed by atoms with E-state index in [-0.39, 0.29) is 0 Å². The monoisotopic (exact) mass is 361 g/mol. The maximum atomic E-state index is 3.60. The Kier molecular flexibility index (Phi) is 4.70. The first kappa shape index (κ1) is 13.2. The van der Waals surface area contributed by atoms with Gasteiger partial charge in [-0.1, -0.05) is 26.2 Å². The van der Waals surface area contributed by atoms with E-state index in [1.165, 1.54) is 31.4 Å². The Morgan fingerprint density at radius 3 is 2.65 bits per heavy atom. The summed E-state index contributed by atoms with van der Waals surface area (Å²) in [7, 11) is 0. The molecular formula is C12H17Br2N3. The van der Waals surface area contributed by atoms with E-state index in [0.717, 1.165) is 21.2 Å². The third kappa shape index (κ3) is 2.95. The standard InChI is InChI=1S/C12H17Br2N3/c1-2-3-4-5-8-17-12-10(14)7-6-9(13)11(12)15-16-17/h6-7,15-16H,2-5,8H2,1H3. The van der Waals surface area contributed by atoms with Gasteiger partial charge in [0.05, 0.1) is 11.4 Å². The van der Waals surface area contributed by atoms with Crippen molar-refractivity contribution < 1.29 is 0 Å². The van der Waals surface area contributed by atoms with Gasteiger partial charge in [0.2, 0.25) is 0 Å². The molecule has 0 fully saturated rings. The van der Waals surface area contributed by atoms with Crippen molar-refractivity contribution in [3.63, 3.8) is 0 Å². The molecule has 1 aliphatic rings. The van der Waals surface area contributed by atoms with E-state index in [9.17, 15) is 0 Å². The predicted octanol–water partition coefficient (Wildman–Crippen LogP) is 4.44. The maximum absolute atomic E-state index is 3.60. The third-order valence-electron chi connectivity index (χ3n) is 2.90. The summed E-state index contributed by atoms with van der Waals surface area (Å²) in [5.74, 6) is 0. The summed E-state index contributed by atoms with van der Waals surface area (Å²) in [6.07, 6.45) is 5.09. The molecule has 0 bridgehead atoms. The van der Waals surface area contributed by atoms with Crippen molar-refractivity contribution in [3.05, 3.63) is 21.1 Å². The highest BCUT2D eigenvalue weighted by Crippen LogP contribution is 2.41. The van der Waals surface area contributed by atoms with Gasteiger partial charge >= 0.3 is 0 Å². The largest absolute Gasteiger partial charge is 0.301 e. The number of hydrogen-bond donors (Lipinski definition) is 2. The van der Waals surface area contributed by atoms with Crippen LogP contribution in [0.25, 0.3) is 0 Å². The quantitative estimate of drug-likeness (QED) is 0.758. The lowest BCUT2D eigenvalue weighted by Gasteiger charge is -2.18. The summed E-state index contributed by atoms with van der Waals surface area (Å²) in [6.45, 7) is 3.26. The molecule has 0 aliphatic carbocycles. The summed E-state index contributed by atoms with van der Waals surface area (Å²) in [6, 6.07) is 4.11. The van der Waals surface area contributed by atoms with Gasteiger partial charge < -0.3 is 5.43 Å². The Labute approximate surface area is 119 Å². The Morgan fingerprint density at radius 1 is 1.12 bits per heavy atom. The number of hydrogen-bond acceptors (Lipinski definition) is 3. The molecule has 1 heterocycles. The second-order valence-corrected chi connectivity index (χ2v) is 5.91. The van der Waals surface area contributed by atoms with Gasteiger partial charge in [-0.2, -0.15) is 0 Å². The smallest absolute Gasteiger partial charge is 0.0936 e. The molecule has 0 saturated carbocycles. The lowest BCUT2D eigenvalue weighted by Crippen LogP contribution is -2.36. The molecule has 0 radical (unpaired) electrons. The first-order chi connectivity index (χ1) is 8.24. The third-order valence-corrected chi connectivity index (χ3v) is 4.20. The fraction of sp³-hybridized carbons (Fsp3) is 0.500. The van der Waals surface area contributed by atoms with Crippen LogP contribution in [0.3, 0.4) is 0 Å². The number of fused-ring (bicyclic) bond motifs is 1. The highest BCUT2D eigenvalue weighted by Gasteiger charge is 2.22. The Morgan fingerprint density at radius 2 is 1.88 bits per heavy atom. The molecule has 0 amide bonds. The van der Waals surface area contributed by atoms with Crippen LogP contribution in [-0.4, -0.2) is 6.54 Å². The fourth-order valence-electron chi connectivity index (χ4n) is 1.97. The van der Waals surface area contributed by atoms with Gasteiger partial charge in [-0.25, -0.2) is 0 Å². The van der Waals surface area contributed by atoms with Gasteiger partial charge in [0.15, 0.2) is 0 Å². The van der Waals surface area contributed by atoms with Gasteiger partial charge in [-0.3, -0.25) is 5.01 Å². The van der Waals surface area contributed by atoms with Crippen LogP contribution in [0, 0.1) is 0 Å². The molecule has 3 nitrogen and oxygen atoms in total. The Balaban J connectivity index is 2.03. The van der Waals surface area contributed by atoms with Crippen molar-refractivity contribution in [2.24, 2.45) is 0 Å². The number of benzene rings is 1. The van der Waals surface area contributed by atoms with Gasteiger partial charge in [0.25, 0.3) is 0 Å². The van der Waals surface area contributed by atoms with Gasteiger partial charge in [-0.15, -0.1) is 5.53 Å². The van der Waals surface area contributed by atoms with E-state index in [1.807, 2.05) is 6.07 Å². The van der Waals surface area contributed by atoms with E-state index in [4.69, 9.17) is 0 Å². The number of hydrazine groups is 2. The topological polar surface area (TPSA) is 27.3 Å². The summed E-state index contributed by atoms with van der Waals surface area (Å²) < 4.78 is 2.20. The van der Waals surface area contributed by atoms with Crippen molar-refractivity contribution in [3.8, 4) is 0 Å². The van der Waals surface area contributed by atoms with Crippen molar-refractivity contribution in [1.82, 2.24) is 5.53 Å². The van der Waals surface area contributed by atoms with E-state index in [1.54, 1.807) is 0 Å². The van der Waals surface area contributed by atoms with Crippen LogP contribution >= 0.6 is 31.9 Å². The number of rotatable bonds is 5. The van der Waals surface area contributed by atoms with E-state index in [0.29, 0.717) is 0 Å². The number of nitrogens with zero attached hydrogens (tertiary/aromatic N) is 1. The number of halogens is 2. The second-order valence-electron chi connectivity index (χ2n) is 4.20. The lowest BCUT2D eigenvalue weighted by atomic mass is 10.2. The van der Waals surface area contributed by atoms with Crippen molar-refractivity contribution in [2.75, 3.05) is 17.0 Å². The molecule has 2 N–H and O–H groups in total. The van der Waals surface area contributed by atoms with Crippen LogP contribution in [0.1, 0.15) is 32.6 Å². The molecule has 2 rings (SSSR count). The zero-order valence-corrected chi connectivity index (χ0v) is 13.1. The maximum Gasteiger partial charge on any atom is 0.0936 e. The molecule has 0 saturated heterocycles. The van der Waals surface area contributed by atoms with Gasteiger partial charge in [0.1, 0.15) is 0 Å². The Bertz CT molecular complexity index is 396. The van der Waals surface area contributed by atoms with Gasteiger partial charge in [-0.05, 0) is 50.4 Å². The summed E-state index contributed by atoms with van der Waals surface area (Å²) in [5.41, 5.74) is 8.70. The van der Waals surface area contributed by atoms with Crippen LogP contribution in [0.4, 0.5) is 11.4 Å². The predicted molar refractivity (Wildman–Crippen MR) is 80.1 cm³/mol. The van der Waals surface area contributed by atoms with Crippen LogP contribution in [0.2, 0.25) is 0 Å². The van der Waals surface area contributed by atoms with E-state index >= 15 is 0 Å². The molecule has 0 spiro atoms. The highest BCUT2D eigenvalue weighted by molar-refractivity contribution is 9.11.